The lowest BCUT2D eigenvalue weighted by Gasteiger charge is -2.34. The van der Waals surface area contributed by atoms with Crippen LogP contribution in [0.3, 0.4) is 0 Å². The van der Waals surface area contributed by atoms with Crippen LogP contribution in [-0.2, 0) is 7.05 Å². The molecule has 1 fully saturated rings. The Morgan fingerprint density at radius 1 is 1.18 bits per heavy atom. The van der Waals surface area contributed by atoms with Crippen molar-refractivity contribution < 1.29 is 14.0 Å². The number of amides is 2. The first-order valence-electron chi connectivity index (χ1n) is 6.87. The van der Waals surface area contributed by atoms with Gasteiger partial charge in [-0.05, 0) is 28.1 Å². The van der Waals surface area contributed by atoms with E-state index in [1.165, 1.54) is 6.26 Å². The van der Waals surface area contributed by atoms with E-state index in [0.29, 0.717) is 42.1 Å². The summed E-state index contributed by atoms with van der Waals surface area (Å²) in [4.78, 5) is 28.0. The van der Waals surface area contributed by atoms with Crippen LogP contribution < -0.4 is 0 Å². The fourth-order valence-electron chi connectivity index (χ4n) is 2.42. The topological polar surface area (TPSA) is 71.6 Å². The van der Waals surface area contributed by atoms with Crippen LogP contribution in [0, 0.1) is 0 Å². The van der Waals surface area contributed by atoms with Crippen LogP contribution in [0.1, 0.15) is 21.0 Å². The molecule has 1 saturated heterocycles. The summed E-state index contributed by atoms with van der Waals surface area (Å²) in [6.45, 7) is 1.92. The minimum atomic E-state index is -0.142. The monoisotopic (exact) mass is 366 g/mol. The normalized spacial score (nSPS) is 15.2. The molecule has 2 amide bonds. The summed E-state index contributed by atoms with van der Waals surface area (Å²) in [5.74, 6) is 0.0564. The smallest absolute Gasteiger partial charge is 0.289 e. The average Bonchev–Trinajstić information content (AvgIpc) is 3.15. The van der Waals surface area contributed by atoms with Gasteiger partial charge in [0, 0.05) is 39.4 Å². The molecule has 116 valence electrons. The Labute approximate surface area is 135 Å². The summed E-state index contributed by atoms with van der Waals surface area (Å²) in [5.41, 5.74) is 0.397. The number of hydrogen-bond acceptors (Lipinski definition) is 4. The van der Waals surface area contributed by atoms with Crippen LogP contribution in [-0.4, -0.2) is 57.6 Å². The van der Waals surface area contributed by atoms with E-state index >= 15 is 0 Å². The SMILES string of the molecule is Cn1cc(Br)c(C(=O)N2CCN(C(=O)c3ccco3)CC2)n1. The number of furan rings is 1. The summed E-state index contributed by atoms with van der Waals surface area (Å²) in [7, 11) is 1.77. The van der Waals surface area contributed by atoms with Gasteiger partial charge in [0.05, 0.1) is 10.7 Å². The van der Waals surface area contributed by atoms with Crippen LogP contribution in [0.5, 0.6) is 0 Å². The van der Waals surface area contributed by atoms with Gasteiger partial charge in [-0.1, -0.05) is 0 Å². The second kappa shape index (κ2) is 5.96. The largest absolute Gasteiger partial charge is 0.459 e. The molecule has 0 aliphatic carbocycles. The Morgan fingerprint density at radius 2 is 1.82 bits per heavy atom. The summed E-state index contributed by atoms with van der Waals surface area (Å²) in [6.07, 6.45) is 3.22. The second-order valence-electron chi connectivity index (χ2n) is 5.06. The molecule has 0 saturated carbocycles. The Morgan fingerprint density at radius 3 is 2.32 bits per heavy atom. The molecule has 0 spiro atoms. The van der Waals surface area contributed by atoms with E-state index in [4.69, 9.17) is 4.42 Å². The van der Waals surface area contributed by atoms with Crippen molar-refractivity contribution in [3.05, 3.63) is 40.5 Å². The maximum absolute atomic E-state index is 12.4. The molecule has 1 aliphatic heterocycles. The maximum atomic E-state index is 12.4. The van der Waals surface area contributed by atoms with Crippen LogP contribution in [0.15, 0.2) is 33.5 Å². The first kappa shape index (κ1) is 14.8. The number of aryl methyl sites for hydroxylation is 1. The summed E-state index contributed by atoms with van der Waals surface area (Å²) in [5, 5.41) is 4.16. The highest BCUT2D eigenvalue weighted by Gasteiger charge is 2.28. The minimum absolute atomic E-state index is 0.127. The Balaban J connectivity index is 1.63. The van der Waals surface area contributed by atoms with Gasteiger partial charge >= 0.3 is 0 Å². The van der Waals surface area contributed by atoms with E-state index in [1.807, 2.05) is 0 Å². The molecule has 1 aliphatic rings. The third-order valence-corrected chi connectivity index (χ3v) is 4.15. The van der Waals surface area contributed by atoms with Gasteiger partial charge in [0.25, 0.3) is 11.8 Å². The molecule has 0 radical (unpaired) electrons. The molecule has 7 nitrogen and oxygen atoms in total. The summed E-state index contributed by atoms with van der Waals surface area (Å²) < 4.78 is 7.39. The first-order chi connectivity index (χ1) is 10.6. The highest BCUT2D eigenvalue weighted by atomic mass is 79.9. The molecule has 2 aromatic rings. The van der Waals surface area contributed by atoms with E-state index in [0.717, 1.165) is 0 Å². The molecule has 0 aromatic carbocycles. The third kappa shape index (κ3) is 2.78. The van der Waals surface area contributed by atoms with Gasteiger partial charge in [-0.2, -0.15) is 5.10 Å². The zero-order valence-electron chi connectivity index (χ0n) is 12.0. The van der Waals surface area contributed by atoms with Crippen molar-refractivity contribution in [2.45, 2.75) is 0 Å². The molecule has 0 N–H and O–H groups in total. The Bertz CT molecular complexity index is 687. The van der Waals surface area contributed by atoms with Crippen molar-refractivity contribution >= 4 is 27.7 Å². The predicted molar refractivity (Wildman–Crippen MR) is 81.4 cm³/mol. The predicted octanol–water partition coefficient (Wildman–Crippen LogP) is 1.37. The first-order valence-corrected chi connectivity index (χ1v) is 7.67. The van der Waals surface area contributed by atoms with Gasteiger partial charge in [0.15, 0.2) is 11.5 Å². The van der Waals surface area contributed by atoms with Crippen molar-refractivity contribution in [1.29, 1.82) is 0 Å². The molecule has 22 heavy (non-hydrogen) atoms. The van der Waals surface area contributed by atoms with Gasteiger partial charge in [0.1, 0.15) is 0 Å². The van der Waals surface area contributed by atoms with Crippen molar-refractivity contribution in [2.24, 2.45) is 7.05 Å². The van der Waals surface area contributed by atoms with Crippen molar-refractivity contribution in [3.63, 3.8) is 0 Å². The molecule has 3 heterocycles. The van der Waals surface area contributed by atoms with Crippen molar-refractivity contribution in [3.8, 4) is 0 Å². The maximum Gasteiger partial charge on any atom is 0.289 e. The second-order valence-corrected chi connectivity index (χ2v) is 5.92. The quantitative estimate of drug-likeness (QED) is 0.804. The Hall–Kier alpha value is -2.09. The van der Waals surface area contributed by atoms with Gasteiger partial charge < -0.3 is 14.2 Å². The number of hydrogen-bond donors (Lipinski definition) is 0. The number of carbonyl (C=O) groups excluding carboxylic acids is 2. The van der Waals surface area contributed by atoms with E-state index in [1.54, 1.807) is 39.9 Å². The number of piperazine rings is 1. The number of halogens is 1. The van der Waals surface area contributed by atoms with E-state index in [9.17, 15) is 9.59 Å². The molecule has 0 unspecified atom stereocenters. The van der Waals surface area contributed by atoms with Gasteiger partial charge in [-0.3, -0.25) is 14.3 Å². The average molecular weight is 367 g/mol. The molecular weight excluding hydrogens is 352 g/mol. The molecule has 3 rings (SSSR count). The lowest BCUT2D eigenvalue weighted by molar-refractivity contribution is 0.0514. The standard InChI is InChI=1S/C14H15BrN4O3/c1-17-9-10(15)12(16-17)14(21)19-6-4-18(5-7-19)13(20)11-3-2-8-22-11/h2-3,8-9H,4-7H2,1H3. The Kier molecular flexibility index (Phi) is 4.02. The molecule has 0 bridgehead atoms. The fourth-order valence-corrected chi connectivity index (χ4v) is 2.97. The van der Waals surface area contributed by atoms with Gasteiger partial charge in [0.2, 0.25) is 0 Å². The zero-order valence-corrected chi connectivity index (χ0v) is 13.6. The number of aromatic nitrogens is 2. The van der Waals surface area contributed by atoms with E-state index in [2.05, 4.69) is 21.0 Å². The highest BCUT2D eigenvalue weighted by Crippen LogP contribution is 2.18. The third-order valence-electron chi connectivity index (χ3n) is 3.57. The summed E-state index contributed by atoms with van der Waals surface area (Å²) in [6, 6.07) is 3.33. The highest BCUT2D eigenvalue weighted by molar-refractivity contribution is 9.10. The van der Waals surface area contributed by atoms with Gasteiger partial charge in [-0.15, -0.1) is 0 Å². The van der Waals surface area contributed by atoms with Crippen LogP contribution in [0.4, 0.5) is 0 Å². The molecule has 0 atom stereocenters. The number of carbonyl (C=O) groups is 2. The molecule has 2 aromatic heterocycles. The van der Waals surface area contributed by atoms with Crippen LogP contribution >= 0.6 is 15.9 Å². The molecular formula is C14H15BrN4O3. The lowest BCUT2D eigenvalue weighted by atomic mass is 10.2. The minimum Gasteiger partial charge on any atom is -0.459 e. The summed E-state index contributed by atoms with van der Waals surface area (Å²) >= 11 is 3.34. The number of rotatable bonds is 2. The fraction of sp³-hybridized carbons (Fsp3) is 0.357. The van der Waals surface area contributed by atoms with Crippen LogP contribution in [0.2, 0.25) is 0 Å². The van der Waals surface area contributed by atoms with Crippen molar-refractivity contribution in [2.75, 3.05) is 26.2 Å². The van der Waals surface area contributed by atoms with Crippen LogP contribution in [0.25, 0.3) is 0 Å². The van der Waals surface area contributed by atoms with E-state index in [-0.39, 0.29) is 11.8 Å². The van der Waals surface area contributed by atoms with Gasteiger partial charge in [-0.25, -0.2) is 0 Å². The molecule has 8 heteroatoms. The zero-order chi connectivity index (χ0) is 15.7. The van der Waals surface area contributed by atoms with E-state index < -0.39 is 0 Å². The number of nitrogens with zero attached hydrogens (tertiary/aromatic N) is 4. The van der Waals surface area contributed by atoms with Crippen molar-refractivity contribution in [1.82, 2.24) is 19.6 Å². The lowest BCUT2D eigenvalue weighted by Crippen LogP contribution is -2.50.